The lowest BCUT2D eigenvalue weighted by Gasteiger charge is -2.18. The van der Waals surface area contributed by atoms with E-state index < -0.39 is 6.10 Å². The molecule has 63 heavy (non-hydrogen) atoms. The van der Waals surface area contributed by atoms with Gasteiger partial charge in [-0.25, -0.2) is 0 Å². The Kier molecular flexibility index (Phi) is 51.7. The molecule has 0 amide bonds. The molecular weight excluding hydrogens is 781 g/mol. The van der Waals surface area contributed by atoms with Gasteiger partial charge in [0.2, 0.25) is 0 Å². The first-order valence-corrected chi connectivity index (χ1v) is 28.5. The first-order chi connectivity index (χ1) is 31.0. The van der Waals surface area contributed by atoms with Gasteiger partial charge in [-0.1, -0.05) is 290 Å². The second kappa shape index (κ2) is 53.0. The van der Waals surface area contributed by atoms with E-state index in [9.17, 15) is 14.4 Å². The van der Waals surface area contributed by atoms with E-state index in [2.05, 4.69) is 20.8 Å². The molecule has 0 aliphatic rings. The summed E-state index contributed by atoms with van der Waals surface area (Å²) in [4.78, 5) is 37.6. The Balaban J connectivity index is 3.89. The van der Waals surface area contributed by atoms with Crippen LogP contribution in [0, 0.1) is 0 Å². The van der Waals surface area contributed by atoms with Gasteiger partial charge in [-0.2, -0.15) is 0 Å². The van der Waals surface area contributed by atoms with Gasteiger partial charge < -0.3 is 14.2 Å². The van der Waals surface area contributed by atoms with Crippen LogP contribution in [0.4, 0.5) is 0 Å². The van der Waals surface area contributed by atoms with E-state index in [0.29, 0.717) is 19.3 Å². The molecule has 0 aliphatic carbocycles. The number of hydrogen-bond acceptors (Lipinski definition) is 6. The highest BCUT2D eigenvalue weighted by molar-refractivity contribution is 5.71. The summed E-state index contributed by atoms with van der Waals surface area (Å²) in [5.41, 5.74) is 0. The van der Waals surface area contributed by atoms with Gasteiger partial charge in [0.25, 0.3) is 0 Å². The molecule has 1 atom stereocenters. The molecule has 0 heterocycles. The number of hydrogen-bond donors (Lipinski definition) is 0. The van der Waals surface area contributed by atoms with Gasteiger partial charge >= 0.3 is 17.9 Å². The van der Waals surface area contributed by atoms with Crippen LogP contribution >= 0.6 is 0 Å². The maximum atomic E-state index is 12.7. The van der Waals surface area contributed by atoms with Crippen LogP contribution in [0.3, 0.4) is 0 Å². The average Bonchev–Trinajstić information content (AvgIpc) is 3.28. The Hall–Kier alpha value is -1.59. The van der Waals surface area contributed by atoms with Gasteiger partial charge in [0, 0.05) is 19.3 Å². The van der Waals surface area contributed by atoms with Crippen LogP contribution < -0.4 is 0 Å². The zero-order valence-corrected chi connectivity index (χ0v) is 42.9. The highest BCUT2D eigenvalue weighted by Gasteiger charge is 2.19. The molecule has 0 spiro atoms. The maximum Gasteiger partial charge on any atom is 0.306 e. The van der Waals surface area contributed by atoms with Crippen LogP contribution in [0.25, 0.3) is 0 Å². The molecule has 374 valence electrons. The molecule has 0 aromatic heterocycles. The van der Waals surface area contributed by atoms with E-state index in [4.69, 9.17) is 14.2 Å². The summed E-state index contributed by atoms with van der Waals surface area (Å²) < 4.78 is 16.7. The maximum absolute atomic E-state index is 12.7. The minimum Gasteiger partial charge on any atom is -0.462 e. The van der Waals surface area contributed by atoms with Gasteiger partial charge in [-0.3, -0.25) is 14.4 Å². The third kappa shape index (κ3) is 51.3. The molecular formula is C57H110O6. The predicted octanol–water partition coefficient (Wildman–Crippen LogP) is 18.8. The zero-order valence-electron chi connectivity index (χ0n) is 42.9. The molecule has 0 fully saturated rings. The largest absolute Gasteiger partial charge is 0.462 e. The first kappa shape index (κ1) is 61.4. The number of ether oxygens (including phenoxy) is 3. The highest BCUT2D eigenvalue weighted by atomic mass is 16.6. The number of carbonyl (C=O) groups excluding carboxylic acids is 3. The smallest absolute Gasteiger partial charge is 0.306 e. The Morgan fingerprint density at radius 1 is 0.254 bits per heavy atom. The van der Waals surface area contributed by atoms with Gasteiger partial charge in [0.1, 0.15) is 13.2 Å². The van der Waals surface area contributed by atoms with Gasteiger partial charge in [0.15, 0.2) is 6.10 Å². The lowest BCUT2D eigenvalue weighted by atomic mass is 10.0. The van der Waals surface area contributed by atoms with Crippen molar-refractivity contribution in [1.29, 1.82) is 0 Å². The van der Waals surface area contributed by atoms with E-state index in [1.54, 1.807) is 0 Å². The van der Waals surface area contributed by atoms with Gasteiger partial charge in [-0.15, -0.1) is 0 Å². The van der Waals surface area contributed by atoms with Crippen molar-refractivity contribution in [3.63, 3.8) is 0 Å². The average molecular weight is 892 g/mol. The van der Waals surface area contributed by atoms with Crippen molar-refractivity contribution in [1.82, 2.24) is 0 Å². The molecule has 0 aromatic rings. The molecule has 0 aliphatic heterocycles. The summed E-state index contributed by atoms with van der Waals surface area (Å²) in [5, 5.41) is 0. The standard InChI is InChI=1S/C57H110O6/c1-4-7-10-13-15-17-19-21-22-23-24-25-26-27-28-29-30-31-32-33-34-35-36-38-39-41-44-47-50-56(59)62-53-54(52-61-55(58)49-46-43-12-9-6-3)63-57(60)51-48-45-42-40-37-20-18-16-14-11-8-5-2/h54H,4-53H2,1-3H3. The molecule has 0 radical (unpaired) electrons. The Morgan fingerprint density at radius 2 is 0.429 bits per heavy atom. The van der Waals surface area contributed by atoms with E-state index in [-0.39, 0.29) is 31.1 Å². The molecule has 0 bridgehead atoms. The second-order valence-electron chi connectivity index (χ2n) is 19.6. The molecule has 6 heteroatoms. The normalized spacial score (nSPS) is 11.9. The van der Waals surface area contributed by atoms with Crippen molar-refractivity contribution in [2.45, 2.75) is 335 Å². The summed E-state index contributed by atoms with van der Waals surface area (Å²) in [6.07, 6.45) is 58.8. The fourth-order valence-electron chi connectivity index (χ4n) is 8.80. The lowest BCUT2D eigenvalue weighted by Crippen LogP contribution is -2.30. The Bertz CT molecular complexity index is 936. The van der Waals surface area contributed by atoms with Crippen LogP contribution in [0.1, 0.15) is 329 Å². The lowest BCUT2D eigenvalue weighted by molar-refractivity contribution is -0.167. The topological polar surface area (TPSA) is 78.9 Å². The van der Waals surface area contributed by atoms with Crippen LogP contribution in [0.2, 0.25) is 0 Å². The quantitative estimate of drug-likeness (QED) is 0.0344. The molecule has 0 aromatic carbocycles. The van der Waals surface area contributed by atoms with Crippen LogP contribution in [0.5, 0.6) is 0 Å². The summed E-state index contributed by atoms with van der Waals surface area (Å²) >= 11 is 0. The van der Waals surface area contributed by atoms with Crippen molar-refractivity contribution in [2.24, 2.45) is 0 Å². The van der Waals surface area contributed by atoms with E-state index >= 15 is 0 Å². The minimum absolute atomic E-state index is 0.0632. The number of rotatable bonds is 53. The number of carbonyl (C=O) groups is 3. The van der Waals surface area contributed by atoms with E-state index in [1.807, 2.05) is 0 Å². The molecule has 0 N–H and O–H groups in total. The SMILES string of the molecule is CCCCCCCCCCCCCCCCCCCCCCCCCCCCCCC(=O)OCC(COC(=O)CCCCCCC)OC(=O)CCCCCCCCCCCCCC. The Labute approximate surface area is 393 Å². The van der Waals surface area contributed by atoms with E-state index in [0.717, 1.165) is 64.2 Å². The monoisotopic (exact) mass is 891 g/mol. The van der Waals surface area contributed by atoms with Crippen molar-refractivity contribution >= 4 is 17.9 Å². The number of esters is 3. The van der Waals surface area contributed by atoms with Crippen molar-refractivity contribution in [3.8, 4) is 0 Å². The molecule has 0 saturated carbocycles. The van der Waals surface area contributed by atoms with Crippen molar-refractivity contribution in [3.05, 3.63) is 0 Å². The van der Waals surface area contributed by atoms with Gasteiger partial charge in [0.05, 0.1) is 0 Å². The Morgan fingerprint density at radius 3 is 0.635 bits per heavy atom. The van der Waals surface area contributed by atoms with E-state index in [1.165, 1.54) is 225 Å². The second-order valence-corrected chi connectivity index (χ2v) is 19.6. The molecule has 6 nitrogen and oxygen atoms in total. The zero-order chi connectivity index (χ0) is 45.8. The summed E-state index contributed by atoms with van der Waals surface area (Å²) in [6.45, 7) is 6.60. The van der Waals surface area contributed by atoms with Crippen LogP contribution in [-0.4, -0.2) is 37.2 Å². The fraction of sp³-hybridized carbons (Fsp3) is 0.947. The summed E-state index contributed by atoms with van der Waals surface area (Å²) in [5.74, 6) is -0.857. The molecule has 1 unspecified atom stereocenters. The van der Waals surface area contributed by atoms with Crippen molar-refractivity contribution in [2.75, 3.05) is 13.2 Å². The summed E-state index contributed by atoms with van der Waals surface area (Å²) in [6, 6.07) is 0. The molecule has 0 saturated heterocycles. The minimum atomic E-state index is -0.758. The predicted molar refractivity (Wildman–Crippen MR) is 270 cm³/mol. The highest BCUT2D eigenvalue weighted by Crippen LogP contribution is 2.18. The third-order valence-corrected chi connectivity index (χ3v) is 13.1. The van der Waals surface area contributed by atoms with Crippen molar-refractivity contribution < 1.29 is 28.6 Å². The summed E-state index contributed by atoms with van der Waals surface area (Å²) in [7, 11) is 0. The van der Waals surface area contributed by atoms with Gasteiger partial charge in [-0.05, 0) is 19.3 Å². The third-order valence-electron chi connectivity index (χ3n) is 13.1. The fourth-order valence-corrected chi connectivity index (χ4v) is 8.80. The van der Waals surface area contributed by atoms with Crippen LogP contribution in [0.15, 0.2) is 0 Å². The molecule has 0 rings (SSSR count). The number of unbranched alkanes of at least 4 members (excludes halogenated alkanes) is 42. The van der Waals surface area contributed by atoms with Crippen LogP contribution in [-0.2, 0) is 28.6 Å². The first-order valence-electron chi connectivity index (χ1n) is 28.5.